The number of hydrogen-bond acceptors (Lipinski definition) is 3. The van der Waals surface area contributed by atoms with Gasteiger partial charge in [-0.1, -0.05) is 6.92 Å². The molecule has 52 valence electrons. The van der Waals surface area contributed by atoms with Gasteiger partial charge in [0.15, 0.2) is 0 Å². The van der Waals surface area contributed by atoms with Gasteiger partial charge in [0, 0.05) is 6.42 Å². The van der Waals surface area contributed by atoms with Crippen LogP contribution in [0.5, 0.6) is 0 Å². The van der Waals surface area contributed by atoms with Gasteiger partial charge in [0.1, 0.15) is 0 Å². The van der Waals surface area contributed by atoms with Crippen LogP contribution in [0.15, 0.2) is 0 Å². The number of carbonyl (C=O) groups excluding carboxylic acids is 1. The molecule has 0 spiro atoms. The van der Waals surface area contributed by atoms with Crippen molar-refractivity contribution in [1.82, 2.24) is 0 Å². The third kappa shape index (κ3) is 12.3. The van der Waals surface area contributed by atoms with E-state index >= 15 is 0 Å². The van der Waals surface area contributed by atoms with Gasteiger partial charge in [0.25, 0.3) is 0 Å². The van der Waals surface area contributed by atoms with E-state index in [1.54, 1.807) is 0 Å². The van der Waals surface area contributed by atoms with E-state index in [-0.39, 0.29) is 68.4 Å². The van der Waals surface area contributed by atoms with Crippen LogP contribution in [0.2, 0.25) is 0 Å². The summed E-state index contributed by atoms with van der Waals surface area (Å²) in [6.45, 7) is 1.54. The molecule has 0 aromatic carbocycles. The van der Waals surface area contributed by atoms with Crippen LogP contribution in [0.3, 0.4) is 0 Å². The Morgan fingerprint density at radius 1 is 1.70 bits per heavy atom. The maximum atomic E-state index is 10.0. The van der Waals surface area contributed by atoms with Crippen LogP contribution in [-0.4, -0.2) is 14.7 Å². The zero-order chi connectivity index (χ0) is 6.57. The van der Waals surface area contributed by atoms with Gasteiger partial charge < -0.3 is 7.04 Å². The summed E-state index contributed by atoms with van der Waals surface area (Å²) in [4.78, 5) is 10.0. The molecule has 0 heterocycles. The molecule has 0 amide bonds. The molecule has 1 atom stereocenters. The molecule has 0 aliphatic carbocycles. The Hall–Kier alpha value is 1.58. The Labute approximate surface area is 109 Å². The number of rotatable bonds is 2. The van der Waals surface area contributed by atoms with Crippen molar-refractivity contribution >= 4 is 17.3 Å². The topological polar surface area (TPSA) is 63.6 Å². The number of hydrogen-bond donors (Lipinski definition) is 1. The van der Waals surface area contributed by atoms with E-state index in [2.05, 4.69) is 4.18 Å². The molecule has 7 heteroatoms. The van der Waals surface area contributed by atoms with Gasteiger partial charge >= 0.3 is 76.4 Å². The Morgan fingerprint density at radius 2 is 2.10 bits per heavy atom. The summed E-state index contributed by atoms with van der Waals surface area (Å²) in [7, 11) is 0. The first kappa shape index (κ1) is 17.6. The molecule has 1 unspecified atom stereocenters. The van der Waals surface area contributed by atoms with E-state index < -0.39 is 17.3 Å². The summed E-state index contributed by atoms with van der Waals surface area (Å²) < 4.78 is 21.3. The van der Waals surface area contributed by atoms with E-state index in [1.165, 1.54) is 6.92 Å². The fraction of sp³-hybridized carbons (Fsp3) is 0.667. The molecule has 0 aromatic heterocycles. The minimum absolute atomic E-state index is 0. The minimum atomic E-state index is -2.45. The Balaban J connectivity index is -0.0000000408. The monoisotopic (exact) mass is 186 g/mol. The van der Waals surface area contributed by atoms with Crippen molar-refractivity contribution in [3.05, 3.63) is 0 Å². The average Bonchev–Trinajstić information content (AvgIpc) is 1.65. The van der Waals surface area contributed by atoms with Crippen LogP contribution < -0.4 is 59.1 Å². The molecule has 0 bridgehead atoms. The fourth-order valence-electron chi connectivity index (χ4n) is 0.138. The zero-order valence-electron chi connectivity index (χ0n) is 8.29. The largest absolute Gasteiger partial charge is 1.00 e. The van der Waals surface area contributed by atoms with Crippen molar-refractivity contribution in [3.63, 3.8) is 0 Å². The molecular weight excluding hydrogens is 178 g/mol. The SMILES string of the molecule is CCC(=O)OS(=O)O.[H-].[H-].[Na+].[Na+]. The smallest absolute Gasteiger partial charge is 1.00 e. The minimum Gasteiger partial charge on any atom is -1.00 e. The van der Waals surface area contributed by atoms with Crippen molar-refractivity contribution in [3.8, 4) is 0 Å². The average molecular weight is 186 g/mol. The second-order valence-corrected chi connectivity index (χ2v) is 1.63. The van der Waals surface area contributed by atoms with E-state index in [9.17, 15) is 9.00 Å². The summed E-state index contributed by atoms with van der Waals surface area (Å²) in [5.74, 6) is -0.675. The second-order valence-electron chi connectivity index (χ2n) is 1.03. The molecule has 0 saturated heterocycles. The van der Waals surface area contributed by atoms with Gasteiger partial charge in [-0.15, -0.1) is 0 Å². The molecule has 0 aliphatic heterocycles. The fourth-order valence-corrected chi connectivity index (χ4v) is 0.415. The first-order valence-electron chi connectivity index (χ1n) is 1.98. The molecule has 0 radical (unpaired) electrons. The van der Waals surface area contributed by atoms with E-state index in [0.29, 0.717) is 0 Å². The van der Waals surface area contributed by atoms with E-state index in [4.69, 9.17) is 4.55 Å². The summed E-state index contributed by atoms with van der Waals surface area (Å²) in [6, 6.07) is 0. The third-order valence-corrected chi connectivity index (χ3v) is 0.781. The predicted molar refractivity (Wildman–Crippen MR) is 29.4 cm³/mol. The Bertz CT molecular complexity index is 125. The zero-order valence-corrected chi connectivity index (χ0v) is 11.1. The van der Waals surface area contributed by atoms with Gasteiger partial charge in [-0.25, -0.2) is 0 Å². The number of carbonyl (C=O) groups is 1. The molecule has 10 heavy (non-hydrogen) atoms. The van der Waals surface area contributed by atoms with Gasteiger partial charge in [0.05, 0.1) is 0 Å². The van der Waals surface area contributed by atoms with Gasteiger partial charge in [-0.3, -0.25) is 9.35 Å². The van der Waals surface area contributed by atoms with Crippen LogP contribution in [-0.2, 0) is 20.3 Å². The van der Waals surface area contributed by atoms with Gasteiger partial charge in [-0.05, 0) is 0 Å². The molecule has 1 N–H and O–H groups in total. The van der Waals surface area contributed by atoms with Crippen molar-refractivity contribution in [2.24, 2.45) is 0 Å². The van der Waals surface area contributed by atoms with Gasteiger partial charge in [-0.2, -0.15) is 4.21 Å². The predicted octanol–water partition coefficient (Wildman–Crippen LogP) is -5.69. The van der Waals surface area contributed by atoms with Crippen LogP contribution >= 0.6 is 0 Å². The normalized spacial score (nSPS) is 10.2. The Morgan fingerprint density at radius 3 is 2.20 bits per heavy atom. The van der Waals surface area contributed by atoms with Crippen LogP contribution in [0.25, 0.3) is 0 Å². The van der Waals surface area contributed by atoms with E-state index in [0.717, 1.165) is 0 Å². The first-order chi connectivity index (χ1) is 3.66. The Kier molecular flexibility index (Phi) is 18.6. The van der Waals surface area contributed by atoms with Crippen LogP contribution in [0.1, 0.15) is 16.2 Å². The van der Waals surface area contributed by atoms with Crippen LogP contribution in [0, 0.1) is 0 Å². The van der Waals surface area contributed by atoms with Crippen molar-refractivity contribution in [2.45, 2.75) is 13.3 Å². The third-order valence-electron chi connectivity index (χ3n) is 0.453. The summed E-state index contributed by atoms with van der Waals surface area (Å²) in [6.07, 6.45) is 0.117. The van der Waals surface area contributed by atoms with Crippen molar-refractivity contribution < 1.29 is 79.7 Å². The van der Waals surface area contributed by atoms with Gasteiger partial charge in [0.2, 0.25) is 0 Å². The first-order valence-corrected chi connectivity index (χ1v) is 3.02. The molecule has 0 rings (SSSR count). The standard InChI is InChI=1S/C3H6O4S.2Na.2H/c1-2-3(4)7-8(5)6;;;;/h2H2,1H3,(H,5,6);;;;/q;2*+1;2*-1. The summed E-state index contributed by atoms with van der Waals surface area (Å²) >= 11 is -2.45. The maximum absolute atomic E-state index is 10.0. The van der Waals surface area contributed by atoms with Crippen LogP contribution in [0.4, 0.5) is 0 Å². The van der Waals surface area contributed by atoms with E-state index in [1.807, 2.05) is 0 Å². The maximum Gasteiger partial charge on any atom is 1.00 e. The second kappa shape index (κ2) is 10.6. The molecule has 0 saturated carbocycles. The summed E-state index contributed by atoms with van der Waals surface area (Å²) in [5, 5.41) is 0. The molecule has 0 aromatic rings. The quantitative estimate of drug-likeness (QED) is 0.345. The molecular formula is C3H8Na2O4S. The van der Waals surface area contributed by atoms with Crippen molar-refractivity contribution in [2.75, 3.05) is 0 Å². The van der Waals surface area contributed by atoms with Crippen molar-refractivity contribution in [1.29, 1.82) is 0 Å². The molecule has 0 fully saturated rings. The summed E-state index contributed by atoms with van der Waals surface area (Å²) in [5.41, 5.74) is 0. The molecule has 0 aliphatic rings. The molecule has 4 nitrogen and oxygen atoms in total.